The van der Waals surface area contributed by atoms with Gasteiger partial charge in [-0.3, -0.25) is 4.79 Å². The van der Waals surface area contributed by atoms with Crippen LogP contribution in [0.1, 0.15) is 39.2 Å². The van der Waals surface area contributed by atoms with Crippen LogP contribution in [0.15, 0.2) is 30.3 Å². The Hall–Kier alpha value is -2.04. The Bertz CT molecular complexity index is 521. The number of alkyl carbamates (subject to hydrolysis) is 1. The molecule has 1 unspecified atom stereocenters. The standard InChI is InChI=1S/C17H23NO4/c1-17(2,3)22-16(20)18-13(14-9-10-15(19)21-14)11-12-7-5-4-6-8-12/h4-8,13-14H,9-11H2,1-3H3,(H,18,20)/t13-,14?/m0/s1. The number of hydrogen-bond acceptors (Lipinski definition) is 4. The maximum Gasteiger partial charge on any atom is 0.408 e. The number of cyclic esters (lactones) is 1. The summed E-state index contributed by atoms with van der Waals surface area (Å²) in [6.45, 7) is 5.44. The number of amides is 1. The first kappa shape index (κ1) is 16.3. The van der Waals surface area contributed by atoms with Crippen molar-refractivity contribution in [1.29, 1.82) is 0 Å². The predicted octanol–water partition coefficient (Wildman–Crippen LogP) is 2.83. The molecule has 1 aliphatic heterocycles. The fraction of sp³-hybridized carbons (Fsp3) is 0.529. The second-order valence-corrected chi connectivity index (χ2v) is 6.51. The van der Waals surface area contributed by atoms with Gasteiger partial charge in [-0.05, 0) is 39.2 Å². The highest BCUT2D eigenvalue weighted by atomic mass is 16.6. The molecule has 1 saturated heterocycles. The highest BCUT2D eigenvalue weighted by Gasteiger charge is 2.33. The summed E-state index contributed by atoms with van der Waals surface area (Å²) in [5.41, 5.74) is 0.514. The third kappa shape index (κ3) is 5.06. The minimum Gasteiger partial charge on any atom is -0.460 e. The number of carbonyl (C=O) groups is 2. The molecule has 0 aromatic heterocycles. The van der Waals surface area contributed by atoms with Gasteiger partial charge in [0.15, 0.2) is 0 Å². The Kier molecular flexibility index (Phi) is 5.06. The van der Waals surface area contributed by atoms with Crippen molar-refractivity contribution in [3.63, 3.8) is 0 Å². The largest absolute Gasteiger partial charge is 0.460 e. The molecule has 1 heterocycles. The minimum atomic E-state index is -0.562. The Labute approximate surface area is 131 Å². The summed E-state index contributed by atoms with van der Waals surface area (Å²) in [6, 6.07) is 9.51. The Morgan fingerprint density at radius 2 is 2.05 bits per heavy atom. The van der Waals surface area contributed by atoms with E-state index in [1.807, 2.05) is 51.1 Å². The second kappa shape index (κ2) is 6.81. The SMILES string of the molecule is CC(C)(C)OC(=O)N[C@@H](Cc1ccccc1)C1CCC(=O)O1. The summed E-state index contributed by atoms with van der Waals surface area (Å²) >= 11 is 0. The molecule has 0 bridgehead atoms. The van der Waals surface area contributed by atoms with Crippen molar-refractivity contribution >= 4 is 12.1 Å². The van der Waals surface area contributed by atoms with Gasteiger partial charge in [0, 0.05) is 6.42 Å². The minimum absolute atomic E-state index is 0.214. The van der Waals surface area contributed by atoms with E-state index in [0.29, 0.717) is 19.3 Å². The number of esters is 1. The van der Waals surface area contributed by atoms with Gasteiger partial charge in [0.25, 0.3) is 0 Å². The van der Waals surface area contributed by atoms with E-state index in [0.717, 1.165) is 5.56 Å². The third-order valence-electron chi connectivity index (χ3n) is 3.37. The van der Waals surface area contributed by atoms with Crippen molar-refractivity contribution in [2.24, 2.45) is 0 Å². The van der Waals surface area contributed by atoms with Crippen molar-refractivity contribution in [2.75, 3.05) is 0 Å². The molecule has 2 atom stereocenters. The van der Waals surface area contributed by atoms with Gasteiger partial charge in [0.1, 0.15) is 11.7 Å². The lowest BCUT2D eigenvalue weighted by Crippen LogP contribution is -2.46. The van der Waals surface area contributed by atoms with E-state index in [9.17, 15) is 9.59 Å². The Morgan fingerprint density at radius 3 is 2.59 bits per heavy atom. The first-order valence-corrected chi connectivity index (χ1v) is 7.56. The number of ether oxygens (including phenoxy) is 2. The van der Waals surface area contributed by atoms with Gasteiger partial charge in [0.2, 0.25) is 0 Å². The summed E-state index contributed by atoms with van der Waals surface area (Å²) in [7, 11) is 0. The molecule has 5 nitrogen and oxygen atoms in total. The van der Waals surface area contributed by atoms with Crippen LogP contribution in [0.3, 0.4) is 0 Å². The zero-order valence-corrected chi connectivity index (χ0v) is 13.3. The zero-order chi connectivity index (χ0) is 16.2. The molecular formula is C17H23NO4. The maximum absolute atomic E-state index is 12.0. The normalized spacial score (nSPS) is 19.4. The monoisotopic (exact) mass is 305 g/mol. The van der Waals surface area contributed by atoms with Crippen LogP contribution in [0, 0.1) is 0 Å². The number of benzene rings is 1. The van der Waals surface area contributed by atoms with Gasteiger partial charge in [0.05, 0.1) is 6.04 Å². The van der Waals surface area contributed by atoms with E-state index in [-0.39, 0.29) is 18.1 Å². The molecule has 1 aliphatic rings. The Morgan fingerprint density at radius 1 is 1.36 bits per heavy atom. The molecule has 22 heavy (non-hydrogen) atoms. The van der Waals surface area contributed by atoms with E-state index < -0.39 is 11.7 Å². The molecule has 1 fully saturated rings. The predicted molar refractivity (Wildman–Crippen MR) is 82.4 cm³/mol. The number of rotatable bonds is 4. The van der Waals surface area contributed by atoms with Crippen LogP contribution < -0.4 is 5.32 Å². The molecule has 120 valence electrons. The molecule has 0 saturated carbocycles. The highest BCUT2D eigenvalue weighted by molar-refractivity contribution is 5.72. The summed E-state index contributed by atoms with van der Waals surface area (Å²) < 4.78 is 10.6. The van der Waals surface area contributed by atoms with Gasteiger partial charge in [-0.1, -0.05) is 30.3 Å². The van der Waals surface area contributed by atoms with Crippen LogP contribution in [0.4, 0.5) is 4.79 Å². The van der Waals surface area contributed by atoms with E-state index in [1.54, 1.807) is 0 Å². The average molecular weight is 305 g/mol. The van der Waals surface area contributed by atoms with E-state index in [2.05, 4.69) is 5.32 Å². The molecule has 2 rings (SSSR count). The third-order valence-corrected chi connectivity index (χ3v) is 3.37. The highest BCUT2D eigenvalue weighted by Crippen LogP contribution is 2.20. The van der Waals surface area contributed by atoms with Crippen LogP contribution in [0.25, 0.3) is 0 Å². The number of carbonyl (C=O) groups excluding carboxylic acids is 2. The molecule has 0 aliphatic carbocycles. The van der Waals surface area contributed by atoms with Gasteiger partial charge in [-0.25, -0.2) is 4.79 Å². The van der Waals surface area contributed by atoms with Crippen LogP contribution >= 0.6 is 0 Å². The Balaban J connectivity index is 2.04. The van der Waals surface area contributed by atoms with Crippen molar-refractivity contribution in [1.82, 2.24) is 5.32 Å². The molecule has 1 aromatic carbocycles. The molecule has 1 amide bonds. The molecule has 1 N–H and O–H groups in total. The fourth-order valence-electron chi connectivity index (χ4n) is 2.43. The lowest BCUT2D eigenvalue weighted by Gasteiger charge is -2.26. The van der Waals surface area contributed by atoms with Gasteiger partial charge >= 0.3 is 12.1 Å². The first-order chi connectivity index (χ1) is 10.3. The van der Waals surface area contributed by atoms with Crippen molar-refractivity contribution in [3.8, 4) is 0 Å². The maximum atomic E-state index is 12.0. The van der Waals surface area contributed by atoms with E-state index in [1.165, 1.54) is 0 Å². The zero-order valence-electron chi connectivity index (χ0n) is 13.3. The van der Waals surface area contributed by atoms with Crippen molar-refractivity contribution in [2.45, 2.75) is 57.8 Å². The number of hydrogen-bond donors (Lipinski definition) is 1. The lowest BCUT2D eigenvalue weighted by molar-refractivity contribution is -0.142. The average Bonchev–Trinajstić information content (AvgIpc) is 2.84. The van der Waals surface area contributed by atoms with Crippen LogP contribution in [0.2, 0.25) is 0 Å². The van der Waals surface area contributed by atoms with Crippen LogP contribution in [0.5, 0.6) is 0 Å². The summed E-state index contributed by atoms with van der Waals surface area (Å²) in [5.74, 6) is -0.214. The second-order valence-electron chi connectivity index (χ2n) is 6.51. The smallest absolute Gasteiger partial charge is 0.408 e. The van der Waals surface area contributed by atoms with Crippen molar-refractivity contribution in [3.05, 3.63) is 35.9 Å². The molecule has 1 aromatic rings. The van der Waals surface area contributed by atoms with Gasteiger partial charge in [-0.2, -0.15) is 0 Å². The van der Waals surface area contributed by atoms with E-state index in [4.69, 9.17) is 9.47 Å². The molecule has 0 spiro atoms. The van der Waals surface area contributed by atoms with Crippen LogP contribution in [-0.2, 0) is 20.7 Å². The topological polar surface area (TPSA) is 64.6 Å². The van der Waals surface area contributed by atoms with E-state index >= 15 is 0 Å². The molecule has 5 heteroatoms. The van der Waals surface area contributed by atoms with Gasteiger partial charge in [-0.15, -0.1) is 0 Å². The fourth-order valence-corrected chi connectivity index (χ4v) is 2.43. The molecule has 0 radical (unpaired) electrons. The van der Waals surface area contributed by atoms with Crippen molar-refractivity contribution < 1.29 is 19.1 Å². The molecular weight excluding hydrogens is 282 g/mol. The summed E-state index contributed by atoms with van der Waals surface area (Å²) in [4.78, 5) is 23.4. The lowest BCUT2D eigenvalue weighted by atomic mass is 9.99. The first-order valence-electron chi connectivity index (χ1n) is 7.56. The number of nitrogens with one attached hydrogen (secondary N) is 1. The summed E-state index contributed by atoms with van der Waals surface area (Å²) in [5, 5.41) is 2.85. The van der Waals surface area contributed by atoms with Gasteiger partial charge < -0.3 is 14.8 Å². The van der Waals surface area contributed by atoms with Crippen LogP contribution in [-0.4, -0.2) is 29.8 Å². The quantitative estimate of drug-likeness (QED) is 0.869. The summed E-state index contributed by atoms with van der Waals surface area (Å²) in [6.07, 6.45) is 0.812.